The number of nitrogens with zero attached hydrogens (tertiary/aromatic N) is 5. The average molecular weight is 635 g/mol. The first kappa shape index (κ1) is 31.7. The molecule has 3 aliphatic heterocycles. The number of hydrogen-bond acceptors (Lipinski definition) is 9. The van der Waals surface area contributed by atoms with Crippen molar-refractivity contribution < 1.29 is 28.0 Å². The maximum absolute atomic E-state index is 13.6. The Balaban J connectivity index is 0.958. The Hall–Kier alpha value is -4.23. The van der Waals surface area contributed by atoms with Crippen LogP contribution in [-0.2, 0) is 32.1 Å². The predicted octanol–water partition coefficient (Wildman–Crippen LogP) is 2.93. The summed E-state index contributed by atoms with van der Waals surface area (Å²) in [6.45, 7) is 5.88. The van der Waals surface area contributed by atoms with Crippen LogP contribution in [0.15, 0.2) is 39.7 Å². The molecular weight excluding hydrogens is 595 g/mol. The van der Waals surface area contributed by atoms with Gasteiger partial charge in [-0.25, -0.2) is 9.37 Å². The quantitative estimate of drug-likeness (QED) is 0.235. The molecule has 1 aromatic carbocycles. The predicted molar refractivity (Wildman–Crippen MR) is 165 cm³/mol. The zero-order chi connectivity index (χ0) is 32.2. The molecule has 1 fully saturated rings. The minimum Gasteiger partial charge on any atom is -0.370 e. The normalized spacial score (nSPS) is 18.9. The van der Waals surface area contributed by atoms with E-state index >= 15 is 0 Å². The molecule has 0 bridgehead atoms. The van der Waals surface area contributed by atoms with Crippen molar-refractivity contribution in [3.63, 3.8) is 0 Å². The zero-order valence-electron chi connectivity index (χ0n) is 26.0. The van der Waals surface area contributed by atoms with Gasteiger partial charge < -0.3 is 19.5 Å². The maximum Gasteiger partial charge on any atom is 0.257 e. The van der Waals surface area contributed by atoms with Gasteiger partial charge in [-0.2, -0.15) is 0 Å². The number of rotatable bonds is 12. The Morgan fingerprint density at radius 1 is 1.09 bits per heavy atom. The Morgan fingerprint density at radius 2 is 1.87 bits per heavy atom. The third-order valence-corrected chi connectivity index (χ3v) is 9.17. The van der Waals surface area contributed by atoms with Crippen molar-refractivity contribution in [1.29, 1.82) is 0 Å². The van der Waals surface area contributed by atoms with Crippen molar-refractivity contribution in [2.45, 2.75) is 70.4 Å². The molecule has 0 aliphatic carbocycles. The molecule has 1 N–H and O–H groups in total. The highest BCUT2D eigenvalue weighted by atomic mass is 19.1. The number of likely N-dealkylation sites (tertiary alicyclic amines) is 1. The lowest BCUT2D eigenvalue weighted by Gasteiger charge is -2.31. The van der Waals surface area contributed by atoms with Crippen molar-refractivity contribution in [3.8, 4) is 0 Å². The van der Waals surface area contributed by atoms with Gasteiger partial charge in [0.15, 0.2) is 5.58 Å². The molecule has 13 heteroatoms. The van der Waals surface area contributed by atoms with Crippen molar-refractivity contribution in [2.75, 3.05) is 39.3 Å². The molecule has 12 nitrogen and oxygen atoms in total. The molecule has 1 atom stereocenters. The molecule has 46 heavy (non-hydrogen) atoms. The zero-order valence-corrected chi connectivity index (χ0v) is 26.0. The van der Waals surface area contributed by atoms with Crippen molar-refractivity contribution >= 4 is 28.7 Å². The van der Waals surface area contributed by atoms with Gasteiger partial charge in [0.2, 0.25) is 5.91 Å². The highest BCUT2D eigenvalue weighted by molar-refractivity contribution is 6.13. The van der Waals surface area contributed by atoms with E-state index in [9.17, 15) is 23.6 Å². The van der Waals surface area contributed by atoms with E-state index in [-0.39, 0.29) is 42.3 Å². The molecule has 2 aromatic heterocycles. The van der Waals surface area contributed by atoms with E-state index in [1.54, 1.807) is 10.6 Å². The summed E-state index contributed by atoms with van der Waals surface area (Å²) >= 11 is 0. The average Bonchev–Trinajstić information content (AvgIpc) is 3.61. The summed E-state index contributed by atoms with van der Waals surface area (Å²) < 4.78 is 26.8. The van der Waals surface area contributed by atoms with Gasteiger partial charge in [-0.15, -0.1) is 0 Å². The number of piperidine rings is 1. The summed E-state index contributed by atoms with van der Waals surface area (Å²) in [6.07, 6.45) is 6.79. The van der Waals surface area contributed by atoms with E-state index in [4.69, 9.17) is 14.2 Å². The van der Waals surface area contributed by atoms with Crippen LogP contribution < -0.4 is 10.9 Å². The van der Waals surface area contributed by atoms with Crippen LogP contribution in [0.25, 0.3) is 11.0 Å². The molecule has 5 heterocycles. The Kier molecular flexibility index (Phi) is 9.69. The van der Waals surface area contributed by atoms with E-state index in [2.05, 4.69) is 15.4 Å². The second-order valence-corrected chi connectivity index (χ2v) is 12.2. The number of fused-ring (bicyclic) bond motifs is 2. The third kappa shape index (κ3) is 6.95. The first-order valence-electron chi connectivity index (χ1n) is 16.1. The standard InChI is InChI=1S/C33H39FN6O6/c1-21-24(11-17-38-15-9-22(10-16-38)31-25-6-5-23(34)20-27(25)46-37-31)33(44)40-14-2-4-26(32(40)36-21)45-19-3-13-35-28(41)12-18-39-29(42)7-8-30(39)43/h5-8,20,22,26H,2-4,9-19H2,1H3,(H,35,41). The topological polar surface area (TPSA) is 140 Å². The van der Waals surface area contributed by atoms with Gasteiger partial charge in [-0.05, 0) is 70.7 Å². The smallest absolute Gasteiger partial charge is 0.257 e. The van der Waals surface area contributed by atoms with Crippen molar-refractivity contribution in [3.05, 3.63) is 69.3 Å². The highest BCUT2D eigenvalue weighted by Gasteiger charge is 2.28. The second-order valence-electron chi connectivity index (χ2n) is 12.2. The number of aryl methyl sites for hydroxylation is 1. The van der Waals surface area contributed by atoms with Gasteiger partial charge >= 0.3 is 0 Å². The molecule has 3 amide bonds. The number of nitrogens with one attached hydrogen (secondary N) is 1. The largest absolute Gasteiger partial charge is 0.370 e. The Bertz CT molecular complexity index is 1690. The first-order chi connectivity index (χ1) is 22.3. The maximum atomic E-state index is 13.6. The number of aromatic nitrogens is 3. The van der Waals surface area contributed by atoms with E-state index < -0.39 is 11.8 Å². The molecule has 0 radical (unpaired) electrons. The van der Waals surface area contributed by atoms with Gasteiger partial charge in [0.05, 0.1) is 5.69 Å². The fraction of sp³-hybridized carbons (Fsp3) is 0.515. The minimum absolute atomic E-state index is 0.00409. The van der Waals surface area contributed by atoms with Crippen LogP contribution >= 0.6 is 0 Å². The fourth-order valence-corrected chi connectivity index (χ4v) is 6.60. The lowest BCUT2D eigenvalue weighted by molar-refractivity contribution is -0.137. The summed E-state index contributed by atoms with van der Waals surface area (Å²) in [7, 11) is 0. The summed E-state index contributed by atoms with van der Waals surface area (Å²) in [5.41, 5.74) is 2.86. The summed E-state index contributed by atoms with van der Waals surface area (Å²) in [5, 5.41) is 7.91. The lowest BCUT2D eigenvalue weighted by atomic mass is 9.91. The molecule has 244 valence electrons. The van der Waals surface area contributed by atoms with Crippen LogP contribution in [0.4, 0.5) is 4.39 Å². The van der Waals surface area contributed by atoms with Crippen LogP contribution in [-0.4, -0.2) is 81.6 Å². The van der Waals surface area contributed by atoms with Crippen LogP contribution in [0.2, 0.25) is 0 Å². The molecular formula is C33H39FN6O6. The molecule has 6 rings (SSSR count). The van der Waals surface area contributed by atoms with Crippen LogP contribution in [0.5, 0.6) is 0 Å². The number of amides is 3. The van der Waals surface area contributed by atoms with E-state index in [1.165, 1.54) is 24.3 Å². The van der Waals surface area contributed by atoms with Crippen molar-refractivity contribution in [1.82, 2.24) is 29.8 Å². The summed E-state index contributed by atoms with van der Waals surface area (Å²) in [5.74, 6) is -0.453. The number of carbonyl (C=O) groups is 3. The number of benzene rings is 1. The van der Waals surface area contributed by atoms with E-state index in [1.807, 2.05) is 6.92 Å². The summed E-state index contributed by atoms with van der Waals surface area (Å²) in [4.78, 5) is 57.2. The number of imide groups is 1. The molecule has 0 saturated carbocycles. The van der Waals surface area contributed by atoms with Gasteiger partial charge in [-0.3, -0.25) is 28.6 Å². The van der Waals surface area contributed by atoms with Crippen LogP contribution in [0.1, 0.15) is 73.3 Å². The van der Waals surface area contributed by atoms with Gasteiger partial charge in [0.25, 0.3) is 17.4 Å². The lowest BCUT2D eigenvalue weighted by Crippen LogP contribution is -2.38. The highest BCUT2D eigenvalue weighted by Crippen LogP contribution is 2.33. The first-order valence-corrected chi connectivity index (χ1v) is 16.1. The SMILES string of the molecule is Cc1nc2n(c(=O)c1CCN1CCC(c3noc4cc(F)ccc34)CC1)CCCC2OCCCNC(=O)CCN1C(=O)C=CC1=O. The number of carbonyl (C=O) groups excluding carboxylic acids is 3. The third-order valence-electron chi connectivity index (χ3n) is 9.17. The fourth-order valence-electron chi connectivity index (χ4n) is 6.60. The van der Waals surface area contributed by atoms with Crippen molar-refractivity contribution in [2.24, 2.45) is 0 Å². The van der Waals surface area contributed by atoms with Gasteiger partial charge in [0, 0.05) is 80.0 Å². The van der Waals surface area contributed by atoms with E-state index in [0.29, 0.717) is 43.9 Å². The summed E-state index contributed by atoms with van der Waals surface area (Å²) in [6, 6.07) is 4.56. The van der Waals surface area contributed by atoms with Gasteiger partial charge in [-0.1, -0.05) is 5.16 Å². The van der Waals surface area contributed by atoms with Crippen LogP contribution in [0, 0.1) is 12.7 Å². The minimum atomic E-state index is -0.399. The van der Waals surface area contributed by atoms with Crippen LogP contribution in [0.3, 0.4) is 0 Å². The monoisotopic (exact) mass is 634 g/mol. The molecule has 1 saturated heterocycles. The van der Waals surface area contributed by atoms with Gasteiger partial charge in [0.1, 0.15) is 17.7 Å². The molecule has 3 aromatic rings. The number of ether oxygens (including phenoxy) is 1. The Morgan fingerprint density at radius 3 is 2.65 bits per heavy atom. The number of hydrogen-bond donors (Lipinski definition) is 1. The molecule has 3 aliphatic rings. The second kappa shape index (κ2) is 14.0. The molecule has 1 unspecified atom stereocenters. The van der Waals surface area contributed by atoms with E-state index in [0.717, 1.165) is 72.6 Å². The Labute approximate surface area is 265 Å². The number of halogens is 1. The molecule has 0 spiro atoms.